The van der Waals surface area contributed by atoms with Crippen LogP contribution in [0.4, 0.5) is 34.9 Å². The van der Waals surface area contributed by atoms with Crippen LogP contribution in [0, 0.1) is 10.5 Å². The number of thioether (sulfide) groups is 2. The van der Waals surface area contributed by atoms with Gasteiger partial charge < -0.3 is 40.3 Å². The summed E-state index contributed by atoms with van der Waals surface area (Å²) in [6, 6.07) is 17.8. The molecule has 5 aliphatic rings. The van der Waals surface area contributed by atoms with E-state index in [-0.39, 0.29) is 32.0 Å². The quantitative estimate of drug-likeness (QED) is 0.0121. The van der Waals surface area contributed by atoms with Crippen molar-refractivity contribution in [3.8, 4) is 0 Å². The van der Waals surface area contributed by atoms with Crippen molar-refractivity contribution >= 4 is 92.5 Å². The molecular weight excluding hydrogens is 1140 g/mol. The Morgan fingerprint density at radius 2 is 0.954 bits per heavy atom. The van der Waals surface area contributed by atoms with E-state index in [1.807, 2.05) is 36.2 Å². The largest absolute Gasteiger partial charge is 0.373 e. The first-order chi connectivity index (χ1) is 42.4. The van der Waals surface area contributed by atoms with Crippen LogP contribution in [-0.4, -0.2) is 100 Å². The first kappa shape index (κ1) is 67.0. The van der Waals surface area contributed by atoms with Crippen molar-refractivity contribution in [1.29, 1.82) is 5.59 Å². The van der Waals surface area contributed by atoms with Crippen LogP contribution in [0.3, 0.4) is 0 Å². The summed E-state index contributed by atoms with van der Waals surface area (Å²) in [5, 5.41) is 14.3. The Bertz CT molecular complexity index is 2980. The zero-order valence-electron chi connectivity index (χ0n) is 50.0. The number of hydrogen-bond donors (Lipinski definition) is 6. The van der Waals surface area contributed by atoms with E-state index in [1.54, 1.807) is 0 Å². The van der Waals surface area contributed by atoms with Crippen molar-refractivity contribution in [1.82, 2.24) is 39.0 Å². The third-order valence-electron chi connectivity index (χ3n) is 16.7. The number of benzene rings is 2. The number of rotatable bonds is 27. The molecule has 3 unspecified atom stereocenters. The molecule has 2 aliphatic carbocycles. The highest BCUT2D eigenvalue weighted by Crippen LogP contribution is 2.34. The molecule has 0 amide bonds. The Labute approximate surface area is 521 Å². The fraction of sp³-hybridized carbons (Fsp3) is 0.625. The second kappa shape index (κ2) is 36.5. The third-order valence-corrected chi connectivity index (χ3v) is 18.9. The van der Waals surface area contributed by atoms with Gasteiger partial charge in [-0.2, -0.15) is 30.7 Å². The fourth-order valence-electron chi connectivity index (χ4n) is 11.9. The highest BCUT2D eigenvalue weighted by atomic mass is 32.2. The van der Waals surface area contributed by atoms with Gasteiger partial charge >= 0.3 is 5.97 Å². The molecule has 7 N–H and O–H groups in total. The minimum absolute atomic E-state index is 0. The minimum Gasteiger partial charge on any atom is -0.373 e. The molecule has 21 nitrogen and oxygen atoms in total. The number of nitrogens with two attached hydrogens (primary N) is 1. The molecule has 6 aromatic rings. The number of fused-ring (bicyclic) bond motifs is 2. The number of aromatic nitrogens is 8. The van der Waals surface area contributed by atoms with Gasteiger partial charge in [0.15, 0.2) is 39.7 Å². The van der Waals surface area contributed by atoms with Gasteiger partial charge in [0, 0.05) is 65.9 Å². The van der Waals surface area contributed by atoms with Gasteiger partial charge in [-0.15, -0.1) is 23.5 Å². The summed E-state index contributed by atoms with van der Waals surface area (Å²) < 4.78 is 21.9. The van der Waals surface area contributed by atoms with Crippen molar-refractivity contribution in [3.05, 3.63) is 66.1 Å². The third kappa shape index (κ3) is 20.5. The molecule has 0 radical (unpaired) electrons. The number of carbonyl (C=O) groups is 2. The van der Waals surface area contributed by atoms with Crippen LogP contribution in [0.2, 0.25) is 0 Å². The maximum atomic E-state index is 12.3. The van der Waals surface area contributed by atoms with E-state index in [9.17, 15) is 9.59 Å². The first-order valence-corrected chi connectivity index (χ1v) is 33.9. The summed E-state index contributed by atoms with van der Waals surface area (Å²) in [5.41, 5.74) is 9.63. The molecule has 3 aliphatic heterocycles. The summed E-state index contributed by atoms with van der Waals surface area (Å²) in [6.45, 7) is 2.29. The predicted molar refractivity (Wildman–Crippen MR) is 348 cm³/mol. The van der Waals surface area contributed by atoms with Crippen LogP contribution in [0.25, 0.3) is 22.3 Å². The number of ketones is 1. The zero-order valence-corrected chi connectivity index (χ0v) is 51.7. The highest BCUT2D eigenvalue weighted by Gasteiger charge is 2.26. The lowest BCUT2D eigenvalue weighted by Gasteiger charge is -2.25. The molecule has 5 fully saturated rings. The number of hydrogen-bond acceptors (Lipinski definition) is 21. The predicted octanol–water partition coefficient (Wildman–Crippen LogP) is 15.6. The first-order valence-electron chi connectivity index (χ1n) is 31.9. The van der Waals surface area contributed by atoms with Crippen LogP contribution >= 0.6 is 23.5 Å². The van der Waals surface area contributed by atoms with Gasteiger partial charge in [-0.3, -0.25) is 18.7 Å². The molecule has 0 bridgehead atoms. The number of anilines is 6. The Kier molecular flexibility index (Phi) is 28.1. The van der Waals surface area contributed by atoms with Gasteiger partial charge in [0.05, 0.1) is 12.7 Å². The average molecular weight is 1240 g/mol. The maximum absolute atomic E-state index is 12.3. The van der Waals surface area contributed by atoms with Crippen LogP contribution in [0.15, 0.2) is 71.0 Å². The molecule has 4 aromatic heterocycles. The minimum atomic E-state index is -0.339. The number of nitrogens with zero attached hydrogens (tertiary/aromatic N) is 8. The lowest BCUT2D eigenvalue weighted by atomic mass is 9.95. The normalized spacial score (nSPS) is 19.2. The fourth-order valence-corrected chi connectivity index (χ4v) is 13.8. The Hall–Kier alpha value is -5.98. The number of Topliss-reactive ketones (excluding diaryl/α,β-unsaturated/α-hetero) is 1. The number of ether oxygens (including phenoxy) is 3. The standard InChI is InChI=1S/C34H48N6O3S.C29H41N7O3S.CH4.HNO/c41-28(29-15-7-9-21-42-29)14-6-1-2-11-23-44-27-19-17-26(18-20-27)37-34-38-32(36-25-12-4-3-5-13-25)31-33(39-34)40(24-35-31)30-16-8-10-22-43-30;30-39-25(37)13-6-1-2-9-19-40-23-16-14-22(15-17-23)33-29-34-27(32-21-10-4-3-5-11-21)26-28(35-29)36(20-31-26)24-12-7-8-18-38-24;;1-2/h17-20,24-25,29-30H,1-16,21-23H2,(H2,36,37,38,39);14-17,20-21,24H,1-13,18-19,30H2,(H2,32,33,34,35);1H4;1H. The summed E-state index contributed by atoms with van der Waals surface area (Å²) >= 11 is 3.72. The van der Waals surface area contributed by atoms with Gasteiger partial charge in [0.2, 0.25) is 11.9 Å². The van der Waals surface area contributed by atoms with Crippen molar-refractivity contribution < 1.29 is 28.6 Å². The van der Waals surface area contributed by atoms with Crippen LogP contribution in [0.5, 0.6) is 0 Å². The monoisotopic (exact) mass is 1230 g/mol. The van der Waals surface area contributed by atoms with E-state index in [2.05, 4.69) is 89.4 Å². The number of nitroso groups, excluding NO2 is 1. The zero-order chi connectivity index (χ0) is 59.6. The molecule has 3 saturated heterocycles. The van der Waals surface area contributed by atoms with Crippen LogP contribution in [0.1, 0.15) is 206 Å². The van der Waals surface area contributed by atoms with Crippen LogP contribution < -0.4 is 27.2 Å². The highest BCUT2D eigenvalue weighted by molar-refractivity contribution is 7.99. The van der Waals surface area contributed by atoms with Crippen molar-refractivity contribution in [2.24, 2.45) is 5.90 Å². The Balaban J connectivity index is 0.000000218. The molecular formula is C64H94N14O7S2. The van der Waals surface area contributed by atoms with E-state index < -0.39 is 0 Å². The van der Waals surface area contributed by atoms with Gasteiger partial charge in [0.25, 0.3) is 0 Å². The summed E-state index contributed by atoms with van der Waals surface area (Å²) in [4.78, 5) is 66.6. The van der Waals surface area contributed by atoms with Crippen LogP contribution in [-0.2, 0) is 28.6 Å². The number of imidazole rings is 2. The molecule has 0 spiro atoms. The number of carbonyl (C=O) groups excluding carboxylic acids is 2. The molecule has 11 rings (SSSR count). The summed E-state index contributed by atoms with van der Waals surface area (Å²) in [6.07, 6.45) is 34.8. The van der Waals surface area contributed by atoms with Crippen molar-refractivity contribution in [2.75, 3.05) is 52.6 Å². The number of unbranched alkanes of at least 4 members (excludes halogenated alkanes) is 6. The van der Waals surface area contributed by atoms with Crippen molar-refractivity contribution in [2.45, 2.75) is 234 Å². The second-order valence-electron chi connectivity index (χ2n) is 23.2. The van der Waals surface area contributed by atoms with E-state index >= 15 is 0 Å². The van der Waals surface area contributed by atoms with Gasteiger partial charge in [-0.1, -0.05) is 77.2 Å². The maximum Gasteiger partial charge on any atom is 0.324 e. The topological polar surface area (TPSA) is 273 Å². The van der Waals surface area contributed by atoms with E-state index in [0.29, 0.717) is 42.6 Å². The lowest BCUT2D eigenvalue weighted by Crippen LogP contribution is -2.27. The molecule has 7 heterocycles. The van der Waals surface area contributed by atoms with Gasteiger partial charge in [-0.25, -0.2) is 9.97 Å². The summed E-state index contributed by atoms with van der Waals surface area (Å²) in [5.74, 6) is 9.68. The average Bonchev–Trinajstić information content (AvgIpc) is 2.01. The van der Waals surface area contributed by atoms with E-state index in [1.165, 1.54) is 48.3 Å². The van der Waals surface area contributed by atoms with Crippen molar-refractivity contribution in [3.63, 3.8) is 0 Å². The SMILES string of the molecule is C.N=O.NOC(=O)CCCCCCSc1ccc(Nc2nc(NC3CCCCC3)c3ncn(C4CCCCO4)c3n2)cc1.O=C(CCCCCCSc1ccc(Nc2nc(NC3CCCCC3)c3ncn(C4CCCCO4)c3n2)cc1)C1CCCCO1. The Morgan fingerprint density at radius 3 is 1.38 bits per heavy atom. The van der Waals surface area contributed by atoms with Gasteiger partial charge in [-0.05, 0) is 169 Å². The van der Waals surface area contributed by atoms with E-state index in [4.69, 9.17) is 54.9 Å². The smallest absolute Gasteiger partial charge is 0.324 e. The van der Waals surface area contributed by atoms with E-state index in [0.717, 1.165) is 212 Å². The molecule has 23 heteroatoms. The number of nitrogens with one attached hydrogen (secondary N) is 5. The molecule has 2 saturated carbocycles. The van der Waals surface area contributed by atoms with Gasteiger partial charge in [0.1, 0.15) is 18.6 Å². The second-order valence-corrected chi connectivity index (χ2v) is 25.5. The lowest BCUT2D eigenvalue weighted by molar-refractivity contribution is -0.144. The summed E-state index contributed by atoms with van der Waals surface area (Å²) in [7, 11) is 0. The molecule has 3 atom stereocenters. The Morgan fingerprint density at radius 1 is 0.529 bits per heavy atom. The molecule has 2 aromatic carbocycles. The molecule has 87 heavy (non-hydrogen) atoms. The molecule has 474 valence electrons.